The van der Waals surface area contributed by atoms with Gasteiger partial charge in [-0.25, -0.2) is 4.39 Å². The van der Waals surface area contributed by atoms with Gasteiger partial charge in [0.05, 0.1) is 0 Å². The summed E-state index contributed by atoms with van der Waals surface area (Å²) < 4.78 is 15.6. The van der Waals surface area contributed by atoms with Crippen LogP contribution in [0.1, 0.15) is 11.3 Å². The first-order chi connectivity index (χ1) is 7.13. The Hall–Kier alpha value is -1.35. The van der Waals surface area contributed by atoms with E-state index in [1.807, 2.05) is 26.1 Å². The zero-order chi connectivity index (χ0) is 11.0. The smallest absolute Gasteiger partial charge is 0.127 e. The molecule has 80 valence electrons. The minimum absolute atomic E-state index is 0.154. The van der Waals surface area contributed by atoms with Crippen LogP contribution in [0.25, 0.3) is 10.9 Å². The average Bonchev–Trinajstić information content (AvgIpc) is 2.45. The van der Waals surface area contributed by atoms with Crippen LogP contribution in [0.4, 0.5) is 4.39 Å². The van der Waals surface area contributed by atoms with E-state index in [1.165, 1.54) is 0 Å². The molecule has 0 saturated carbocycles. The van der Waals surface area contributed by atoms with Crippen molar-refractivity contribution in [2.24, 2.45) is 12.8 Å². The molecule has 0 fully saturated rings. The molecule has 0 bridgehead atoms. The molecular weight excluding hydrogens is 191 g/mol. The Labute approximate surface area is 88.5 Å². The van der Waals surface area contributed by atoms with E-state index in [2.05, 4.69) is 4.57 Å². The van der Waals surface area contributed by atoms with Crippen molar-refractivity contribution in [3.8, 4) is 0 Å². The second kappa shape index (κ2) is 3.66. The van der Waals surface area contributed by atoms with Gasteiger partial charge >= 0.3 is 0 Å². The summed E-state index contributed by atoms with van der Waals surface area (Å²) in [6, 6.07) is 5.47. The summed E-state index contributed by atoms with van der Waals surface area (Å²) in [5.41, 5.74) is 8.34. The minimum atomic E-state index is -0.154. The van der Waals surface area contributed by atoms with Gasteiger partial charge in [0.2, 0.25) is 0 Å². The number of rotatable bonds is 2. The van der Waals surface area contributed by atoms with Gasteiger partial charge in [0.1, 0.15) is 5.82 Å². The number of hydrogen-bond donors (Lipinski definition) is 1. The highest BCUT2D eigenvalue weighted by molar-refractivity contribution is 5.82. The zero-order valence-electron chi connectivity index (χ0n) is 9.05. The number of aromatic nitrogens is 1. The summed E-state index contributed by atoms with van der Waals surface area (Å²) >= 11 is 0. The van der Waals surface area contributed by atoms with Gasteiger partial charge in [-0.3, -0.25) is 0 Å². The molecule has 2 rings (SSSR count). The van der Waals surface area contributed by atoms with E-state index in [4.69, 9.17) is 5.73 Å². The van der Waals surface area contributed by atoms with Crippen molar-refractivity contribution in [1.82, 2.24) is 4.57 Å². The Bertz CT molecular complexity index is 500. The molecule has 0 radical (unpaired) electrons. The first-order valence-electron chi connectivity index (χ1n) is 5.08. The Morgan fingerprint density at radius 2 is 2.07 bits per heavy atom. The summed E-state index contributed by atoms with van der Waals surface area (Å²) in [5, 5.41) is 0.952. The highest BCUT2D eigenvalue weighted by Gasteiger charge is 2.07. The van der Waals surface area contributed by atoms with E-state index >= 15 is 0 Å². The van der Waals surface area contributed by atoms with Crippen molar-refractivity contribution in [3.63, 3.8) is 0 Å². The zero-order valence-corrected chi connectivity index (χ0v) is 9.05. The molecule has 0 saturated heterocycles. The highest BCUT2D eigenvalue weighted by Crippen LogP contribution is 2.22. The van der Waals surface area contributed by atoms with Crippen LogP contribution in [-0.4, -0.2) is 11.1 Å². The Morgan fingerprint density at radius 1 is 1.33 bits per heavy atom. The lowest BCUT2D eigenvalue weighted by Crippen LogP contribution is -2.04. The van der Waals surface area contributed by atoms with Crippen LogP contribution in [0, 0.1) is 12.7 Å². The van der Waals surface area contributed by atoms with E-state index in [0.717, 1.165) is 16.6 Å². The van der Waals surface area contributed by atoms with Gasteiger partial charge in [-0.15, -0.1) is 0 Å². The van der Waals surface area contributed by atoms with E-state index in [9.17, 15) is 4.39 Å². The van der Waals surface area contributed by atoms with E-state index in [0.29, 0.717) is 18.5 Å². The number of fused-ring (bicyclic) bond motifs is 1. The molecule has 1 aromatic heterocycles. The Balaban J connectivity index is 2.66. The summed E-state index contributed by atoms with van der Waals surface area (Å²) in [5.74, 6) is -0.154. The molecule has 0 aliphatic carbocycles. The first kappa shape index (κ1) is 10.2. The van der Waals surface area contributed by atoms with Crippen LogP contribution in [0.5, 0.6) is 0 Å². The quantitative estimate of drug-likeness (QED) is 0.801. The molecule has 2 N–H and O–H groups in total. The molecule has 0 amide bonds. The van der Waals surface area contributed by atoms with Gasteiger partial charge in [-0.1, -0.05) is 0 Å². The third kappa shape index (κ3) is 1.63. The fraction of sp³-hybridized carbons (Fsp3) is 0.333. The molecule has 3 heteroatoms. The highest BCUT2D eigenvalue weighted by atomic mass is 19.1. The molecule has 0 atom stereocenters. The molecule has 2 aromatic rings. The number of nitrogens with zero attached hydrogens (tertiary/aromatic N) is 1. The largest absolute Gasteiger partial charge is 0.348 e. The van der Waals surface area contributed by atoms with Crippen molar-refractivity contribution in [1.29, 1.82) is 0 Å². The predicted octanol–water partition coefficient (Wildman–Crippen LogP) is 2.13. The summed E-state index contributed by atoms with van der Waals surface area (Å²) in [6.07, 6.45) is 0.589. The van der Waals surface area contributed by atoms with E-state index < -0.39 is 0 Å². The second-order valence-electron chi connectivity index (χ2n) is 3.89. The minimum Gasteiger partial charge on any atom is -0.348 e. The maximum atomic E-state index is 13.6. The average molecular weight is 206 g/mol. The molecule has 0 aliphatic rings. The van der Waals surface area contributed by atoms with E-state index in [1.54, 1.807) is 6.07 Å². The van der Waals surface area contributed by atoms with Crippen LogP contribution in [0.3, 0.4) is 0 Å². The normalized spacial score (nSPS) is 11.2. The lowest BCUT2D eigenvalue weighted by Gasteiger charge is -2.04. The molecule has 15 heavy (non-hydrogen) atoms. The van der Waals surface area contributed by atoms with Gasteiger partial charge in [-0.2, -0.15) is 0 Å². The number of halogens is 1. The lowest BCUT2D eigenvalue weighted by atomic mass is 10.1. The van der Waals surface area contributed by atoms with Crippen molar-refractivity contribution in [3.05, 3.63) is 35.3 Å². The Morgan fingerprint density at radius 3 is 2.73 bits per heavy atom. The van der Waals surface area contributed by atoms with Gasteiger partial charge < -0.3 is 10.3 Å². The number of nitrogens with two attached hydrogens (primary N) is 1. The maximum absolute atomic E-state index is 13.6. The molecular formula is C12H15FN2. The lowest BCUT2D eigenvalue weighted by molar-refractivity contribution is 0.611. The van der Waals surface area contributed by atoms with Gasteiger partial charge in [0, 0.05) is 23.6 Å². The Kier molecular flexibility index (Phi) is 2.49. The first-order valence-corrected chi connectivity index (χ1v) is 5.08. The molecule has 0 aliphatic heterocycles. The summed E-state index contributed by atoms with van der Waals surface area (Å²) in [6.45, 7) is 2.49. The van der Waals surface area contributed by atoms with Crippen molar-refractivity contribution in [2.45, 2.75) is 13.3 Å². The van der Waals surface area contributed by atoms with Crippen LogP contribution >= 0.6 is 0 Å². The van der Waals surface area contributed by atoms with E-state index in [-0.39, 0.29) is 5.82 Å². The van der Waals surface area contributed by atoms with Gasteiger partial charge in [0.25, 0.3) is 0 Å². The SMILES string of the molecule is Cc1cc2cc(F)c(CCN)cc2n1C. The van der Waals surface area contributed by atoms with Crippen molar-refractivity contribution >= 4 is 10.9 Å². The van der Waals surface area contributed by atoms with Crippen LogP contribution in [0.15, 0.2) is 18.2 Å². The maximum Gasteiger partial charge on any atom is 0.127 e. The van der Waals surface area contributed by atoms with Crippen molar-refractivity contribution < 1.29 is 4.39 Å². The van der Waals surface area contributed by atoms with Crippen LogP contribution < -0.4 is 5.73 Å². The molecule has 1 heterocycles. The van der Waals surface area contributed by atoms with Crippen LogP contribution in [0.2, 0.25) is 0 Å². The number of benzene rings is 1. The number of aryl methyl sites for hydroxylation is 2. The topological polar surface area (TPSA) is 30.9 Å². The fourth-order valence-electron chi connectivity index (χ4n) is 1.89. The van der Waals surface area contributed by atoms with Crippen molar-refractivity contribution in [2.75, 3.05) is 6.54 Å². The number of hydrogen-bond acceptors (Lipinski definition) is 1. The van der Waals surface area contributed by atoms with Crippen LogP contribution in [-0.2, 0) is 13.5 Å². The summed E-state index contributed by atoms with van der Waals surface area (Å²) in [4.78, 5) is 0. The summed E-state index contributed by atoms with van der Waals surface area (Å²) in [7, 11) is 1.99. The molecule has 0 unspecified atom stereocenters. The monoisotopic (exact) mass is 206 g/mol. The second-order valence-corrected chi connectivity index (χ2v) is 3.89. The molecule has 1 aromatic carbocycles. The third-order valence-electron chi connectivity index (χ3n) is 2.86. The molecule has 0 spiro atoms. The third-order valence-corrected chi connectivity index (χ3v) is 2.86. The van der Waals surface area contributed by atoms with Gasteiger partial charge in [0.15, 0.2) is 0 Å². The molecule has 2 nitrogen and oxygen atoms in total. The fourth-order valence-corrected chi connectivity index (χ4v) is 1.89. The van der Waals surface area contributed by atoms with Gasteiger partial charge in [-0.05, 0) is 43.7 Å². The predicted molar refractivity (Wildman–Crippen MR) is 60.4 cm³/mol. The standard InChI is InChI=1S/C12H15FN2/c1-8-5-10-6-11(13)9(3-4-14)7-12(10)15(8)2/h5-7H,3-4,14H2,1-2H3.